The van der Waals surface area contributed by atoms with Crippen LogP contribution in [0, 0.1) is 0 Å². The van der Waals surface area contributed by atoms with Crippen LogP contribution in [0.4, 0.5) is 15.3 Å². The number of aromatic amines is 1. The highest BCUT2D eigenvalue weighted by Gasteiger charge is 2.33. The van der Waals surface area contributed by atoms with Gasteiger partial charge in [-0.25, -0.2) is 14.4 Å². The Morgan fingerprint density at radius 1 is 1.25 bits per heavy atom. The zero-order valence-electron chi connectivity index (χ0n) is 19.8. The van der Waals surface area contributed by atoms with E-state index < -0.39 is 12.0 Å². The molecule has 0 bridgehead atoms. The van der Waals surface area contributed by atoms with Crippen LogP contribution in [0.25, 0.3) is 10.9 Å². The number of hydrogen-bond acceptors (Lipinski definition) is 5. The molecule has 3 heterocycles. The minimum Gasteiger partial charge on any atom is -0.467 e. The first kappa shape index (κ1) is 23.9. The fourth-order valence-corrected chi connectivity index (χ4v) is 5.19. The highest BCUT2D eigenvalue weighted by atomic mass is 35.5. The van der Waals surface area contributed by atoms with Gasteiger partial charge in [-0.1, -0.05) is 29.8 Å². The number of benzene rings is 2. The summed E-state index contributed by atoms with van der Waals surface area (Å²) in [4.78, 5) is 41.7. The highest BCUT2D eigenvalue weighted by Crippen LogP contribution is 2.28. The molecule has 5 rings (SSSR count). The third-order valence-electron chi connectivity index (χ3n) is 6.84. The lowest BCUT2D eigenvalue weighted by Gasteiger charge is -2.40. The number of aromatic nitrogens is 2. The van der Waals surface area contributed by atoms with Crippen molar-refractivity contribution in [3.05, 3.63) is 58.7 Å². The van der Waals surface area contributed by atoms with Crippen LogP contribution in [0.3, 0.4) is 0 Å². The first-order chi connectivity index (χ1) is 17.4. The maximum absolute atomic E-state index is 13.0. The molecule has 0 radical (unpaired) electrons. The number of likely N-dealkylation sites (tertiary alicyclic amines) is 1. The number of halogens is 1. The number of carbonyl (C=O) groups is 3. The van der Waals surface area contributed by atoms with Crippen molar-refractivity contribution in [2.45, 2.75) is 37.9 Å². The number of urea groups is 2. The Balaban J connectivity index is 1.20. The van der Waals surface area contributed by atoms with Gasteiger partial charge in [0.2, 0.25) is 0 Å². The van der Waals surface area contributed by atoms with E-state index in [-0.39, 0.29) is 24.5 Å². The quantitative estimate of drug-likeness (QED) is 0.454. The van der Waals surface area contributed by atoms with Gasteiger partial charge in [0.05, 0.1) is 23.8 Å². The Hall–Kier alpha value is -3.79. The molecule has 2 aliphatic heterocycles. The van der Waals surface area contributed by atoms with Gasteiger partial charge >= 0.3 is 18.0 Å². The second-order valence-electron chi connectivity index (χ2n) is 9.07. The lowest BCUT2D eigenvalue weighted by Crippen LogP contribution is -2.54. The topological polar surface area (TPSA) is 120 Å². The first-order valence-electron chi connectivity index (χ1n) is 11.8. The second-order valence-corrected chi connectivity index (χ2v) is 9.48. The molecular formula is C25H27ClN6O4. The van der Waals surface area contributed by atoms with Gasteiger partial charge in [0.1, 0.15) is 6.04 Å². The highest BCUT2D eigenvalue weighted by molar-refractivity contribution is 6.35. The van der Waals surface area contributed by atoms with E-state index in [0.29, 0.717) is 43.0 Å². The Morgan fingerprint density at radius 3 is 2.81 bits per heavy atom. The SMILES string of the molecule is COC(=O)C(Cc1cc(Cl)c2[nH]ncc2c1)NC(=O)N1CCC(N2Cc3ccccc3NC2=O)CC1. The van der Waals surface area contributed by atoms with E-state index in [4.69, 9.17) is 16.3 Å². The number of piperidine rings is 1. The molecule has 2 aliphatic rings. The van der Waals surface area contributed by atoms with E-state index in [2.05, 4.69) is 20.8 Å². The molecule has 4 amide bonds. The molecular weight excluding hydrogens is 484 g/mol. The van der Waals surface area contributed by atoms with Crippen molar-refractivity contribution in [1.82, 2.24) is 25.3 Å². The molecule has 3 N–H and O–H groups in total. The Morgan fingerprint density at radius 2 is 2.03 bits per heavy atom. The molecule has 2 aromatic carbocycles. The summed E-state index contributed by atoms with van der Waals surface area (Å²) in [6.07, 6.45) is 3.18. The summed E-state index contributed by atoms with van der Waals surface area (Å²) in [6, 6.07) is 10.1. The predicted molar refractivity (Wildman–Crippen MR) is 135 cm³/mol. The van der Waals surface area contributed by atoms with Crippen LogP contribution in [-0.4, -0.2) is 70.3 Å². The van der Waals surface area contributed by atoms with Crippen molar-refractivity contribution in [2.75, 3.05) is 25.5 Å². The number of nitrogens with zero attached hydrogens (tertiary/aromatic N) is 3. The van der Waals surface area contributed by atoms with E-state index >= 15 is 0 Å². The predicted octanol–water partition coefficient (Wildman–Crippen LogP) is 3.52. The molecule has 0 aliphatic carbocycles. The van der Waals surface area contributed by atoms with Crippen molar-refractivity contribution < 1.29 is 19.1 Å². The number of amides is 4. The average Bonchev–Trinajstić information content (AvgIpc) is 3.37. The number of fused-ring (bicyclic) bond motifs is 2. The summed E-state index contributed by atoms with van der Waals surface area (Å²) < 4.78 is 4.94. The number of nitrogens with one attached hydrogen (secondary N) is 3. The average molecular weight is 511 g/mol. The van der Waals surface area contributed by atoms with Crippen molar-refractivity contribution in [2.24, 2.45) is 0 Å². The third kappa shape index (κ3) is 4.81. The van der Waals surface area contributed by atoms with Gasteiger partial charge in [-0.2, -0.15) is 5.10 Å². The largest absolute Gasteiger partial charge is 0.467 e. The summed E-state index contributed by atoms with van der Waals surface area (Å²) in [5.41, 5.74) is 3.41. The van der Waals surface area contributed by atoms with Crippen LogP contribution in [0.2, 0.25) is 5.02 Å². The van der Waals surface area contributed by atoms with E-state index in [1.165, 1.54) is 7.11 Å². The number of anilines is 1. The Kier molecular flexibility index (Phi) is 6.69. The van der Waals surface area contributed by atoms with Gasteiger partial charge in [-0.05, 0) is 42.2 Å². The first-order valence-corrected chi connectivity index (χ1v) is 12.2. The van der Waals surface area contributed by atoms with E-state index in [0.717, 1.165) is 22.2 Å². The maximum Gasteiger partial charge on any atom is 0.328 e. The molecule has 1 atom stereocenters. The lowest BCUT2D eigenvalue weighted by molar-refractivity contribution is -0.142. The van der Waals surface area contributed by atoms with Gasteiger partial charge in [0, 0.05) is 43.2 Å². The molecule has 36 heavy (non-hydrogen) atoms. The molecule has 3 aromatic rings. The summed E-state index contributed by atoms with van der Waals surface area (Å²) in [7, 11) is 1.29. The number of esters is 1. The third-order valence-corrected chi connectivity index (χ3v) is 7.13. The van der Waals surface area contributed by atoms with Crippen LogP contribution in [0.15, 0.2) is 42.6 Å². The van der Waals surface area contributed by atoms with E-state index in [1.807, 2.05) is 35.2 Å². The molecule has 1 fully saturated rings. The zero-order valence-corrected chi connectivity index (χ0v) is 20.5. The second kappa shape index (κ2) is 10.1. The smallest absolute Gasteiger partial charge is 0.328 e. The number of H-pyrrole nitrogens is 1. The normalized spacial score (nSPS) is 16.9. The van der Waals surface area contributed by atoms with Gasteiger partial charge in [-0.3, -0.25) is 5.10 Å². The number of ether oxygens (including phenoxy) is 1. The monoisotopic (exact) mass is 510 g/mol. The minimum absolute atomic E-state index is 0.0302. The van der Waals surface area contributed by atoms with Crippen molar-refractivity contribution in [1.29, 1.82) is 0 Å². The van der Waals surface area contributed by atoms with Gasteiger partial charge in [0.25, 0.3) is 0 Å². The summed E-state index contributed by atoms with van der Waals surface area (Å²) in [5, 5.41) is 13.9. The molecule has 11 heteroatoms. The molecule has 1 aromatic heterocycles. The van der Waals surface area contributed by atoms with E-state index in [1.54, 1.807) is 17.2 Å². The molecule has 1 unspecified atom stereocenters. The zero-order chi connectivity index (χ0) is 25.2. The molecule has 188 valence electrons. The molecule has 0 saturated carbocycles. The van der Waals surface area contributed by atoms with Crippen LogP contribution in [0.1, 0.15) is 24.0 Å². The molecule has 0 spiro atoms. The van der Waals surface area contributed by atoms with Crippen LogP contribution >= 0.6 is 11.6 Å². The number of carbonyl (C=O) groups excluding carboxylic acids is 3. The number of methoxy groups -OCH3 is 1. The maximum atomic E-state index is 13.0. The minimum atomic E-state index is -0.870. The molecule has 10 nitrogen and oxygen atoms in total. The summed E-state index contributed by atoms with van der Waals surface area (Å²) >= 11 is 6.33. The number of hydrogen-bond donors (Lipinski definition) is 3. The fourth-order valence-electron chi connectivity index (χ4n) is 4.90. The van der Waals surface area contributed by atoms with Gasteiger partial charge < -0.3 is 25.2 Å². The summed E-state index contributed by atoms with van der Waals surface area (Å²) in [5.74, 6) is -0.537. The Bertz CT molecular complexity index is 1300. The van der Waals surface area contributed by atoms with Crippen LogP contribution in [-0.2, 0) is 22.5 Å². The Labute approximate surface area is 212 Å². The van der Waals surface area contributed by atoms with Gasteiger partial charge in [0.15, 0.2) is 0 Å². The summed E-state index contributed by atoms with van der Waals surface area (Å²) in [6.45, 7) is 1.50. The van der Waals surface area contributed by atoms with Crippen molar-refractivity contribution >= 4 is 46.2 Å². The van der Waals surface area contributed by atoms with E-state index in [9.17, 15) is 14.4 Å². The number of rotatable bonds is 5. The van der Waals surface area contributed by atoms with Crippen molar-refractivity contribution in [3.63, 3.8) is 0 Å². The lowest BCUT2D eigenvalue weighted by atomic mass is 10.0. The van der Waals surface area contributed by atoms with Crippen LogP contribution in [0.5, 0.6) is 0 Å². The standard InChI is InChI=1S/C25H27ClN6O4/c1-36-23(33)21(12-15-10-17-13-27-30-22(17)19(26)11-15)29-24(34)31-8-6-18(7-9-31)32-14-16-4-2-3-5-20(16)28-25(32)35/h2-5,10-11,13,18,21H,6-9,12,14H2,1H3,(H,27,30)(H,28,35)(H,29,34). The van der Waals surface area contributed by atoms with Crippen LogP contribution < -0.4 is 10.6 Å². The van der Waals surface area contributed by atoms with Gasteiger partial charge in [-0.15, -0.1) is 0 Å². The molecule has 1 saturated heterocycles. The van der Waals surface area contributed by atoms with Crippen molar-refractivity contribution in [3.8, 4) is 0 Å². The number of para-hydroxylation sites is 1. The fraction of sp³-hybridized carbons (Fsp3) is 0.360.